The number of hydrogen-bond acceptors (Lipinski definition) is 6. The predicted octanol–water partition coefficient (Wildman–Crippen LogP) is 3.39. The first-order valence-electron chi connectivity index (χ1n) is 9.60. The van der Waals surface area contributed by atoms with Crippen LogP contribution in [0.1, 0.15) is 31.1 Å². The minimum absolute atomic E-state index is 0.104. The smallest absolute Gasteiger partial charge is 0.344 e. The Hall–Kier alpha value is -4.92. The van der Waals surface area contributed by atoms with Crippen LogP contribution in [-0.4, -0.2) is 33.1 Å². The molecule has 4 rings (SSSR count). The molecule has 0 aliphatic heterocycles. The number of esters is 1. The van der Waals surface area contributed by atoms with Crippen molar-refractivity contribution < 1.29 is 29.3 Å². The fraction of sp³-hybridized carbons (Fsp3) is 0. The molecule has 1 heterocycles. The summed E-state index contributed by atoms with van der Waals surface area (Å²) >= 11 is 0. The van der Waals surface area contributed by atoms with Gasteiger partial charge in [0.05, 0.1) is 5.56 Å². The van der Waals surface area contributed by atoms with Crippen LogP contribution in [-0.2, 0) is 0 Å². The number of anilines is 1. The van der Waals surface area contributed by atoms with Gasteiger partial charge in [-0.05, 0) is 34.5 Å². The number of hydrogen-bond donors (Lipinski definition) is 4. The van der Waals surface area contributed by atoms with Gasteiger partial charge in [0, 0.05) is 5.56 Å². The Morgan fingerprint density at radius 2 is 1.45 bits per heavy atom. The van der Waals surface area contributed by atoms with E-state index >= 15 is 0 Å². The number of fused-ring (bicyclic) bond motifs is 1. The molecule has 0 fully saturated rings. The highest BCUT2D eigenvalue weighted by Gasteiger charge is 2.26. The lowest BCUT2D eigenvalue weighted by Gasteiger charge is -2.13. The second-order valence-electron chi connectivity index (χ2n) is 7.04. The fourth-order valence-electron chi connectivity index (χ4n) is 3.59. The first kappa shape index (κ1) is 21.3. The van der Waals surface area contributed by atoms with E-state index < -0.39 is 40.4 Å². The van der Waals surface area contributed by atoms with E-state index in [1.165, 1.54) is 24.3 Å². The lowest BCUT2D eigenvalue weighted by atomic mass is 9.95. The molecular formula is C24H16N2O7. The zero-order valence-corrected chi connectivity index (χ0v) is 16.9. The molecule has 9 heteroatoms. The standard InChI is InChI=1S/C24H16N2O7/c25-20-18(22(28)29)17(19(23(30)31)21(27)26-20)13-8-10-14(11-9-13)33-24(32)16-7-3-5-12-4-1-2-6-15(12)16/h1-11H,(H,28,29)(H,30,31)(H3,25,26,27). The summed E-state index contributed by atoms with van der Waals surface area (Å²) in [4.78, 5) is 50.3. The number of carbonyl (C=O) groups excluding carboxylic acids is 1. The summed E-state index contributed by atoms with van der Waals surface area (Å²) in [7, 11) is 0. The Kier molecular flexibility index (Phi) is 5.37. The zero-order chi connectivity index (χ0) is 23.7. The van der Waals surface area contributed by atoms with Crippen molar-refractivity contribution in [3.63, 3.8) is 0 Å². The normalized spacial score (nSPS) is 10.7. The van der Waals surface area contributed by atoms with Crippen LogP contribution in [0.3, 0.4) is 0 Å². The molecule has 0 bridgehead atoms. The average Bonchev–Trinajstić information content (AvgIpc) is 2.78. The highest BCUT2D eigenvalue weighted by molar-refractivity contribution is 6.07. The Bertz CT molecular complexity index is 1480. The van der Waals surface area contributed by atoms with Gasteiger partial charge < -0.3 is 25.7 Å². The van der Waals surface area contributed by atoms with Crippen LogP contribution in [0, 0.1) is 0 Å². The number of carbonyl (C=O) groups is 3. The van der Waals surface area contributed by atoms with E-state index in [1.54, 1.807) is 24.3 Å². The summed E-state index contributed by atoms with van der Waals surface area (Å²) in [6, 6.07) is 18.0. The molecule has 3 aromatic carbocycles. The van der Waals surface area contributed by atoms with Crippen LogP contribution >= 0.6 is 0 Å². The van der Waals surface area contributed by atoms with Gasteiger partial charge >= 0.3 is 17.9 Å². The minimum Gasteiger partial charge on any atom is -0.478 e. The van der Waals surface area contributed by atoms with Crippen LogP contribution in [0.25, 0.3) is 21.9 Å². The molecule has 0 radical (unpaired) electrons. The zero-order valence-electron chi connectivity index (χ0n) is 16.9. The molecular weight excluding hydrogens is 428 g/mol. The van der Waals surface area contributed by atoms with Crippen molar-refractivity contribution in [2.75, 3.05) is 5.73 Å². The number of pyridine rings is 1. The predicted molar refractivity (Wildman–Crippen MR) is 120 cm³/mol. The Morgan fingerprint density at radius 1 is 0.818 bits per heavy atom. The Morgan fingerprint density at radius 3 is 2.12 bits per heavy atom. The van der Waals surface area contributed by atoms with Crippen LogP contribution in [0.2, 0.25) is 0 Å². The number of rotatable bonds is 5. The van der Waals surface area contributed by atoms with Crippen molar-refractivity contribution >= 4 is 34.5 Å². The lowest BCUT2D eigenvalue weighted by molar-refractivity contribution is 0.0693. The summed E-state index contributed by atoms with van der Waals surface area (Å²) in [5.74, 6) is -4.05. The third-order valence-electron chi connectivity index (χ3n) is 5.04. The number of aromatic amines is 1. The Labute approximate surface area is 185 Å². The lowest BCUT2D eigenvalue weighted by Crippen LogP contribution is -2.24. The summed E-state index contributed by atoms with van der Waals surface area (Å²) < 4.78 is 5.44. The van der Waals surface area contributed by atoms with Gasteiger partial charge in [-0.1, -0.05) is 48.5 Å². The van der Waals surface area contributed by atoms with Crippen LogP contribution in [0.15, 0.2) is 71.5 Å². The van der Waals surface area contributed by atoms with E-state index in [-0.39, 0.29) is 16.9 Å². The molecule has 0 aliphatic carbocycles. The number of nitrogen functional groups attached to an aromatic ring is 1. The van der Waals surface area contributed by atoms with E-state index in [9.17, 15) is 29.4 Å². The van der Waals surface area contributed by atoms with Crippen molar-refractivity contribution in [3.05, 3.63) is 93.8 Å². The number of ether oxygens (including phenoxy) is 1. The molecule has 1 aromatic heterocycles. The highest BCUT2D eigenvalue weighted by Crippen LogP contribution is 2.31. The number of H-pyrrole nitrogens is 1. The maximum absolute atomic E-state index is 12.7. The van der Waals surface area contributed by atoms with Crippen LogP contribution < -0.4 is 16.0 Å². The fourth-order valence-corrected chi connectivity index (χ4v) is 3.59. The number of carboxylic acids is 2. The third-order valence-corrected chi connectivity index (χ3v) is 5.04. The number of aromatic nitrogens is 1. The minimum atomic E-state index is -1.61. The summed E-state index contributed by atoms with van der Waals surface area (Å²) in [5.41, 5.74) is 3.41. The Balaban J connectivity index is 1.73. The topological polar surface area (TPSA) is 160 Å². The summed E-state index contributed by atoms with van der Waals surface area (Å²) in [6.07, 6.45) is 0. The van der Waals surface area contributed by atoms with Gasteiger partial charge in [0.2, 0.25) is 0 Å². The SMILES string of the molecule is Nc1[nH]c(=O)c(C(=O)O)c(-c2ccc(OC(=O)c3cccc4ccccc34)cc2)c1C(=O)O. The van der Waals surface area contributed by atoms with Crippen LogP contribution in [0.5, 0.6) is 5.75 Å². The van der Waals surface area contributed by atoms with Gasteiger partial charge in [0.25, 0.3) is 5.56 Å². The molecule has 4 aromatic rings. The number of carboxylic acid groups (broad SMARTS) is 2. The number of benzene rings is 3. The molecule has 164 valence electrons. The van der Waals surface area contributed by atoms with Crippen LogP contribution in [0.4, 0.5) is 5.82 Å². The van der Waals surface area contributed by atoms with Crippen molar-refractivity contribution in [2.24, 2.45) is 0 Å². The largest absolute Gasteiger partial charge is 0.478 e. The molecule has 33 heavy (non-hydrogen) atoms. The van der Waals surface area contributed by atoms with Gasteiger partial charge in [0.1, 0.15) is 22.7 Å². The van der Waals surface area contributed by atoms with Gasteiger partial charge in [-0.2, -0.15) is 0 Å². The van der Waals surface area contributed by atoms with Gasteiger partial charge in [-0.25, -0.2) is 14.4 Å². The van der Waals surface area contributed by atoms with Gasteiger partial charge in [-0.3, -0.25) is 4.79 Å². The van der Waals surface area contributed by atoms with E-state index in [0.717, 1.165) is 10.8 Å². The first-order valence-corrected chi connectivity index (χ1v) is 9.60. The first-order chi connectivity index (χ1) is 15.8. The molecule has 0 aliphatic rings. The number of nitrogens with two attached hydrogens (primary N) is 1. The molecule has 5 N–H and O–H groups in total. The maximum Gasteiger partial charge on any atom is 0.344 e. The quantitative estimate of drug-likeness (QED) is 0.269. The molecule has 0 atom stereocenters. The van der Waals surface area contributed by atoms with Crippen molar-refractivity contribution in [2.45, 2.75) is 0 Å². The number of nitrogens with one attached hydrogen (secondary N) is 1. The molecule has 0 amide bonds. The van der Waals surface area contributed by atoms with E-state index in [1.807, 2.05) is 23.2 Å². The van der Waals surface area contributed by atoms with Gasteiger partial charge in [0.15, 0.2) is 0 Å². The van der Waals surface area contributed by atoms with E-state index in [4.69, 9.17) is 10.5 Å². The molecule has 0 spiro atoms. The highest BCUT2D eigenvalue weighted by atomic mass is 16.5. The van der Waals surface area contributed by atoms with E-state index in [2.05, 4.69) is 0 Å². The maximum atomic E-state index is 12.7. The van der Waals surface area contributed by atoms with Crippen molar-refractivity contribution in [1.82, 2.24) is 4.98 Å². The summed E-state index contributed by atoms with van der Waals surface area (Å²) in [6.45, 7) is 0. The van der Waals surface area contributed by atoms with Gasteiger partial charge in [-0.15, -0.1) is 0 Å². The summed E-state index contributed by atoms with van der Waals surface area (Å²) in [5, 5.41) is 20.6. The third kappa shape index (κ3) is 3.90. The second kappa shape index (κ2) is 8.31. The molecule has 9 nitrogen and oxygen atoms in total. The molecule has 0 unspecified atom stereocenters. The second-order valence-corrected chi connectivity index (χ2v) is 7.04. The average molecular weight is 444 g/mol. The van der Waals surface area contributed by atoms with Crippen molar-refractivity contribution in [3.8, 4) is 16.9 Å². The number of aromatic carboxylic acids is 2. The molecule has 0 saturated carbocycles. The van der Waals surface area contributed by atoms with Crippen molar-refractivity contribution in [1.29, 1.82) is 0 Å². The molecule has 0 saturated heterocycles. The monoisotopic (exact) mass is 444 g/mol. The van der Waals surface area contributed by atoms with E-state index in [0.29, 0.717) is 5.56 Å².